The zero-order valence-electron chi connectivity index (χ0n) is 18.0. The normalized spacial score (nSPS) is 16.3. The Morgan fingerprint density at radius 2 is 2.00 bits per heavy atom. The highest BCUT2D eigenvalue weighted by atomic mass is 35.5. The van der Waals surface area contributed by atoms with Crippen LogP contribution in [0.4, 0.5) is 5.69 Å². The van der Waals surface area contributed by atoms with E-state index in [9.17, 15) is 14.4 Å². The summed E-state index contributed by atoms with van der Waals surface area (Å²) in [6, 6.07) is 6.86. The first kappa shape index (κ1) is 22.0. The van der Waals surface area contributed by atoms with Crippen LogP contribution >= 0.6 is 11.6 Å². The summed E-state index contributed by atoms with van der Waals surface area (Å²) in [6.07, 6.45) is 4.26. The number of benzene rings is 1. The molecule has 0 saturated heterocycles. The SMILES string of the molecule is CN/C(=C\N)C1(NC(=O)C(=O)c2c(C)c(C(=O)Nc3cccc(Cl)c3)n3c2CCC3)CC1. The van der Waals surface area contributed by atoms with Crippen LogP contribution in [0.1, 0.15) is 51.4 Å². The lowest BCUT2D eigenvalue weighted by Crippen LogP contribution is -2.45. The van der Waals surface area contributed by atoms with Crippen molar-refractivity contribution in [2.24, 2.45) is 5.73 Å². The van der Waals surface area contributed by atoms with Crippen molar-refractivity contribution >= 4 is 34.9 Å². The maximum Gasteiger partial charge on any atom is 0.293 e. The summed E-state index contributed by atoms with van der Waals surface area (Å²) in [7, 11) is 1.72. The number of nitrogens with two attached hydrogens (primary N) is 1. The lowest BCUT2D eigenvalue weighted by Gasteiger charge is -2.20. The van der Waals surface area contributed by atoms with E-state index in [4.69, 9.17) is 17.3 Å². The topological polar surface area (TPSA) is 118 Å². The fraction of sp³-hybridized carbons (Fsp3) is 0.348. The lowest BCUT2D eigenvalue weighted by atomic mass is 10.0. The van der Waals surface area contributed by atoms with Crippen molar-refractivity contribution in [3.8, 4) is 0 Å². The number of anilines is 1. The summed E-state index contributed by atoms with van der Waals surface area (Å²) in [5.41, 5.74) is 8.22. The number of hydrogen-bond acceptors (Lipinski definition) is 5. The van der Waals surface area contributed by atoms with E-state index < -0.39 is 17.2 Å². The van der Waals surface area contributed by atoms with Crippen molar-refractivity contribution in [1.29, 1.82) is 0 Å². The zero-order valence-corrected chi connectivity index (χ0v) is 18.8. The number of carbonyl (C=O) groups is 3. The number of aromatic nitrogens is 1. The minimum atomic E-state index is -0.692. The number of fused-ring (bicyclic) bond motifs is 1. The lowest BCUT2D eigenvalue weighted by molar-refractivity contribution is -0.117. The van der Waals surface area contributed by atoms with Crippen LogP contribution in [-0.2, 0) is 17.8 Å². The summed E-state index contributed by atoms with van der Waals surface area (Å²) in [6.45, 7) is 2.33. The number of hydrogen-bond donors (Lipinski definition) is 4. The van der Waals surface area contributed by atoms with Gasteiger partial charge < -0.3 is 26.3 Å². The molecule has 1 aliphatic heterocycles. The fourth-order valence-electron chi connectivity index (χ4n) is 4.53. The molecule has 8 nitrogen and oxygen atoms in total. The molecule has 1 aromatic carbocycles. The quantitative estimate of drug-likeness (QED) is 0.378. The van der Waals surface area contributed by atoms with Gasteiger partial charge in [0.15, 0.2) is 0 Å². The third-order valence-corrected chi connectivity index (χ3v) is 6.43. The Morgan fingerprint density at radius 3 is 2.62 bits per heavy atom. The molecule has 0 radical (unpaired) electrons. The second-order valence-corrected chi connectivity index (χ2v) is 8.65. The number of nitrogens with zero attached hydrogens (tertiary/aromatic N) is 1. The van der Waals surface area contributed by atoms with Gasteiger partial charge in [0.1, 0.15) is 5.69 Å². The van der Waals surface area contributed by atoms with Crippen LogP contribution in [0.2, 0.25) is 5.02 Å². The molecule has 0 atom stereocenters. The molecule has 2 amide bonds. The van der Waals surface area contributed by atoms with Crippen LogP contribution in [0, 0.1) is 6.92 Å². The van der Waals surface area contributed by atoms with Gasteiger partial charge in [0.25, 0.3) is 17.6 Å². The predicted molar refractivity (Wildman–Crippen MR) is 123 cm³/mol. The van der Waals surface area contributed by atoms with Gasteiger partial charge in [0.2, 0.25) is 0 Å². The van der Waals surface area contributed by atoms with Gasteiger partial charge in [-0.1, -0.05) is 17.7 Å². The summed E-state index contributed by atoms with van der Waals surface area (Å²) >= 11 is 6.02. The molecular formula is C23H26ClN5O3. The maximum atomic E-state index is 13.2. The van der Waals surface area contributed by atoms with Gasteiger partial charge in [0.05, 0.1) is 16.8 Å². The van der Waals surface area contributed by atoms with E-state index in [1.807, 2.05) is 4.57 Å². The van der Waals surface area contributed by atoms with Crippen molar-refractivity contribution in [2.75, 3.05) is 12.4 Å². The monoisotopic (exact) mass is 455 g/mol. The summed E-state index contributed by atoms with van der Waals surface area (Å²) in [5, 5.41) is 9.18. The molecule has 2 aliphatic rings. The Kier molecular flexibility index (Phi) is 5.73. The highest BCUT2D eigenvalue weighted by Crippen LogP contribution is 2.41. The van der Waals surface area contributed by atoms with Gasteiger partial charge in [-0.3, -0.25) is 14.4 Å². The Balaban J connectivity index is 1.62. The van der Waals surface area contributed by atoms with Crippen molar-refractivity contribution in [3.05, 3.63) is 63.7 Å². The first-order valence-electron chi connectivity index (χ1n) is 10.6. The third-order valence-electron chi connectivity index (χ3n) is 6.20. The van der Waals surface area contributed by atoms with E-state index in [1.54, 1.807) is 38.2 Å². The fourth-order valence-corrected chi connectivity index (χ4v) is 4.72. The van der Waals surface area contributed by atoms with Gasteiger partial charge >= 0.3 is 0 Å². The van der Waals surface area contributed by atoms with Crippen LogP contribution in [0.25, 0.3) is 0 Å². The van der Waals surface area contributed by atoms with Gasteiger partial charge in [-0.2, -0.15) is 0 Å². The Hall–Kier alpha value is -3.26. The molecule has 0 unspecified atom stereocenters. The molecule has 2 aromatic rings. The number of carbonyl (C=O) groups excluding carboxylic acids is 3. The molecule has 0 spiro atoms. The second kappa shape index (κ2) is 8.35. The van der Waals surface area contributed by atoms with Crippen LogP contribution in [0.5, 0.6) is 0 Å². The molecule has 168 valence electrons. The van der Waals surface area contributed by atoms with Crippen molar-refractivity contribution in [3.63, 3.8) is 0 Å². The molecule has 2 heterocycles. The smallest absolute Gasteiger partial charge is 0.293 e. The Morgan fingerprint density at radius 1 is 1.25 bits per heavy atom. The van der Waals surface area contributed by atoms with Gasteiger partial charge in [-0.05, 0) is 56.4 Å². The molecule has 32 heavy (non-hydrogen) atoms. The Labute approximate surface area is 191 Å². The number of Topliss-reactive ketones (excluding diaryl/α,β-unsaturated/α-hetero) is 1. The number of nitrogens with one attached hydrogen (secondary N) is 3. The molecule has 1 aromatic heterocycles. The molecular weight excluding hydrogens is 430 g/mol. The van der Waals surface area contributed by atoms with E-state index in [-0.39, 0.29) is 5.91 Å². The van der Waals surface area contributed by atoms with E-state index in [1.165, 1.54) is 6.20 Å². The number of likely N-dealkylation sites (N-methyl/N-ethyl adjacent to an activating group) is 1. The predicted octanol–water partition coefficient (Wildman–Crippen LogP) is 2.50. The molecule has 1 aliphatic carbocycles. The molecule has 1 fully saturated rings. The van der Waals surface area contributed by atoms with Crippen LogP contribution in [0.3, 0.4) is 0 Å². The second-order valence-electron chi connectivity index (χ2n) is 8.21. The molecule has 4 rings (SSSR count). The molecule has 9 heteroatoms. The summed E-state index contributed by atoms with van der Waals surface area (Å²) in [4.78, 5) is 39.2. The van der Waals surface area contributed by atoms with E-state index in [2.05, 4.69) is 16.0 Å². The third kappa shape index (κ3) is 3.75. The average molecular weight is 456 g/mol. The van der Waals surface area contributed by atoms with Crippen LogP contribution in [0.15, 0.2) is 36.2 Å². The van der Waals surface area contributed by atoms with Crippen LogP contribution in [-0.4, -0.2) is 34.8 Å². The maximum absolute atomic E-state index is 13.2. The number of halogens is 1. The van der Waals surface area contributed by atoms with Crippen molar-refractivity contribution < 1.29 is 14.4 Å². The number of ketones is 1. The van der Waals surface area contributed by atoms with Crippen molar-refractivity contribution in [2.45, 2.75) is 44.7 Å². The average Bonchev–Trinajstić information content (AvgIpc) is 3.26. The minimum Gasteiger partial charge on any atom is -0.403 e. The molecule has 5 N–H and O–H groups in total. The Bertz CT molecular complexity index is 1150. The van der Waals surface area contributed by atoms with E-state index in [0.29, 0.717) is 59.0 Å². The standard InChI is InChI=1S/C23H26ClN5O3/c1-13-18(20(30)22(32)28-23(8-9-23)17(12-25)26-2)16-7-4-10-29(16)19(13)21(31)27-15-6-3-5-14(24)11-15/h3,5-6,11-12,26H,4,7-10,25H2,1-2H3,(H,27,31)(H,28,32)/b17-12-. The summed E-state index contributed by atoms with van der Waals surface area (Å²) < 4.78 is 1.85. The minimum absolute atomic E-state index is 0.315. The number of amides is 2. The van der Waals surface area contributed by atoms with Crippen molar-refractivity contribution in [1.82, 2.24) is 15.2 Å². The zero-order chi connectivity index (χ0) is 23.0. The van der Waals surface area contributed by atoms with E-state index in [0.717, 1.165) is 12.1 Å². The van der Waals surface area contributed by atoms with Gasteiger partial charge in [0, 0.05) is 36.2 Å². The van der Waals surface area contributed by atoms with Crippen LogP contribution < -0.4 is 21.7 Å². The highest BCUT2D eigenvalue weighted by Gasteiger charge is 2.48. The molecule has 0 bridgehead atoms. The summed E-state index contributed by atoms with van der Waals surface area (Å²) in [5.74, 6) is -1.66. The van der Waals surface area contributed by atoms with Gasteiger partial charge in [-0.15, -0.1) is 0 Å². The highest BCUT2D eigenvalue weighted by molar-refractivity contribution is 6.44. The van der Waals surface area contributed by atoms with E-state index >= 15 is 0 Å². The first-order chi connectivity index (χ1) is 15.3. The van der Waals surface area contributed by atoms with Gasteiger partial charge in [-0.25, -0.2) is 0 Å². The largest absolute Gasteiger partial charge is 0.403 e. The molecule has 1 saturated carbocycles. The number of rotatable bonds is 7. The first-order valence-corrected chi connectivity index (χ1v) is 10.9.